The molecule has 1 atom stereocenters. The van der Waals surface area contributed by atoms with Crippen molar-refractivity contribution in [3.63, 3.8) is 0 Å². The molecule has 0 saturated heterocycles. The normalized spacial score (nSPS) is 20.6. The maximum atomic E-state index is 5.64. The highest BCUT2D eigenvalue weighted by Gasteiger charge is 2.39. The Labute approximate surface area is 107 Å². The van der Waals surface area contributed by atoms with E-state index in [4.69, 9.17) is 5.73 Å². The summed E-state index contributed by atoms with van der Waals surface area (Å²) in [6.07, 6.45) is 6.66. The van der Waals surface area contributed by atoms with Gasteiger partial charge in [0.25, 0.3) is 0 Å². The summed E-state index contributed by atoms with van der Waals surface area (Å²) in [5.74, 6) is 0.676. The molecule has 17 heavy (non-hydrogen) atoms. The van der Waals surface area contributed by atoms with Crippen LogP contribution in [0.2, 0.25) is 0 Å². The van der Waals surface area contributed by atoms with E-state index in [0.29, 0.717) is 11.5 Å². The summed E-state index contributed by atoms with van der Waals surface area (Å²) in [5.41, 5.74) is 6.11. The first-order valence-electron chi connectivity index (χ1n) is 7.06. The third kappa shape index (κ3) is 4.23. The molecule has 1 fully saturated rings. The Morgan fingerprint density at radius 1 is 1.24 bits per heavy atom. The predicted octanol–water partition coefficient (Wildman–Crippen LogP) is 1.78. The van der Waals surface area contributed by atoms with E-state index in [0.717, 1.165) is 6.54 Å². The fourth-order valence-electron chi connectivity index (χ4n) is 2.74. The maximum absolute atomic E-state index is 5.64. The lowest BCUT2D eigenvalue weighted by Gasteiger charge is -2.49. The number of hydrogen-bond acceptors (Lipinski definition) is 3. The molecule has 1 aliphatic rings. The first-order valence-corrected chi connectivity index (χ1v) is 7.06. The third-order valence-corrected chi connectivity index (χ3v) is 4.44. The van der Waals surface area contributed by atoms with Crippen molar-refractivity contribution in [1.29, 1.82) is 0 Å². The molecular formula is C14H31N3. The predicted molar refractivity (Wildman–Crippen MR) is 75.2 cm³/mol. The van der Waals surface area contributed by atoms with Gasteiger partial charge in [-0.15, -0.1) is 0 Å². The summed E-state index contributed by atoms with van der Waals surface area (Å²) in [5, 5.41) is 0. The van der Waals surface area contributed by atoms with E-state index in [2.05, 4.69) is 37.9 Å². The van der Waals surface area contributed by atoms with Gasteiger partial charge >= 0.3 is 0 Å². The van der Waals surface area contributed by atoms with E-state index in [1.165, 1.54) is 45.2 Å². The first kappa shape index (κ1) is 14.9. The van der Waals surface area contributed by atoms with Crippen LogP contribution in [0.5, 0.6) is 0 Å². The Kier molecular flexibility index (Phi) is 5.90. The summed E-state index contributed by atoms with van der Waals surface area (Å²) < 4.78 is 0. The van der Waals surface area contributed by atoms with Crippen LogP contribution in [0.1, 0.15) is 39.0 Å². The fourth-order valence-corrected chi connectivity index (χ4v) is 2.74. The Hall–Kier alpha value is -0.120. The summed E-state index contributed by atoms with van der Waals surface area (Å²) in [6.45, 7) is 5.50. The smallest absolute Gasteiger partial charge is 0.0330 e. The van der Waals surface area contributed by atoms with Gasteiger partial charge in [0.1, 0.15) is 0 Å². The maximum Gasteiger partial charge on any atom is 0.0330 e. The zero-order valence-electron chi connectivity index (χ0n) is 12.2. The lowest BCUT2D eigenvalue weighted by Crippen LogP contribution is -2.56. The average Bonchev–Trinajstić information content (AvgIpc) is 2.22. The van der Waals surface area contributed by atoms with Crippen molar-refractivity contribution in [2.45, 2.75) is 44.6 Å². The van der Waals surface area contributed by atoms with Crippen LogP contribution >= 0.6 is 0 Å². The summed E-state index contributed by atoms with van der Waals surface area (Å²) >= 11 is 0. The Bertz CT molecular complexity index is 212. The number of rotatable bonds is 8. The Balaban J connectivity index is 2.22. The van der Waals surface area contributed by atoms with Crippen LogP contribution in [0.3, 0.4) is 0 Å². The minimum absolute atomic E-state index is 0.467. The molecule has 0 amide bonds. The highest BCUT2D eigenvalue weighted by molar-refractivity contribution is 4.97. The van der Waals surface area contributed by atoms with Gasteiger partial charge in [0, 0.05) is 12.1 Å². The van der Waals surface area contributed by atoms with E-state index in [1.54, 1.807) is 0 Å². The van der Waals surface area contributed by atoms with Gasteiger partial charge in [-0.05, 0) is 72.3 Å². The zero-order valence-corrected chi connectivity index (χ0v) is 12.2. The molecule has 1 aliphatic carbocycles. The molecule has 102 valence electrons. The van der Waals surface area contributed by atoms with Gasteiger partial charge in [-0.3, -0.25) is 0 Å². The number of nitrogens with zero attached hydrogens (tertiary/aromatic N) is 2. The molecule has 0 aromatic rings. The van der Waals surface area contributed by atoms with Gasteiger partial charge in [-0.2, -0.15) is 0 Å². The molecule has 3 nitrogen and oxygen atoms in total. The lowest BCUT2D eigenvalue weighted by molar-refractivity contribution is 0.0273. The number of hydrogen-bond donors (Lipinski definition) is 1. The third-order valence-electron chi connectivity index (χ3n) is 4.44. The second-order valence-electron chi connectivity index (χ2n) is 6.19. The average molecular weight is 241 g/mol. The summed E-state index contributed by atoms with van der Waals surface area (Å²) in [4.78, 5) is 4.93. The van der Waals surface area contributed by atoms with Crippen molar-refractivity contribution in [3.05, 3.63) is 0 Å². The standard InChI is InChI=1S/C14H31N3/c1-13(11-15)7-5-10-17(4)12-14(16(2)3)8-6-9-14/h13H,5-12,15H2,1-4H3. The highest BCUT2D eigenvalue weighted by atomic mass is 15.2. The van der Waals surface area contributed by atoms with E-state index in [9.17, 15) is 0 Å². The summed E-state index contributed by atoms with van der Waals surface area (Å²) in [6, 6.07) is 0. The second kappa shape index (κ2) is 6.72. The fraction of sp³-hybridized carbons (Fsp3) is 1.00. The molecular weight excluding hydrogens is 210 g/mol. The minimum Gasteiger partial charge on any atom is -0.330 e. The van der Waals surface area contributed by atoms with Crippen molar-refractivity contribution >= 4 is 0 Å². The molecule has 1 unspecified atom stereocenters. The van der Waals surface area contributed by atoms with Gasteiger partial charge < -0.3 is 15.5 Å². The monoisotopic (exact) mass is 241 g/mol. The summed E-state index contributed by atoms with van der Waals surface area (Å²) in [7, 11) is 6.71. The van der Waals surface area contributed by atoms with Crippen molar-refractivity contribution < 1.29 is 0 Å². The molecule has 0 spiro atoms. The van der Waals surface area contributed by atoms with Crippen LogP contribution in [0.25, 0.3) is 0 Å². The molecule has 1 saturated carbocycles. The molecule has 0 aromatic heterocycles. The largest absolute Gasteiger partial charge is 0.330 e. The van der Waals surface area contributed by atoms with Crippen molar-refractivity contribution in [1.82, 2.24) is 9.80 Å². The van der Waals surface area contributed by atoms with Gasteiger partial charge in [-0.1, -0.05) is 6.92 Å². The SMILES string of the molecule is CC(CN)CCCN(C)CC1(N(C)C)CCC1. The topological polar surface area (TPSA) is 32.5 Å². The quantitative estimate of drug-likeness (QED) is 0.703. The Morgan fingerprint density at radius 2 is 1.88 bits per heavy atom. The minimum atomic E-state index is 0.467. The van der Waals surface area contributed by atoms with E-state index >= 15 is 0 Å². The van der Waals surface area contributed by atoms with Crippen LogP contribution in [0, 0.1) is 5.92 Å². The van der Waals surface area contributed by atoms with Crippen LogP contribution in [-0.4, -0.2) is 56.1 Å². The molecule has 2 N–H and O–H groups in total. The van der Waals surface area contributed by atoms with Crippen molar-refractivity contribution in [2.75, 3.05) is 40.8 Å². The molecule has 0 radical (unpaired) electrons. The lowest BCUT2D eigenvalue weighted by atomic mass is 9.75. The molecule has 1 rings (SSSR count). The van der Waals surface area contributed by atoms with Crippen LogP contribution < -0.4 is 5.73 Å². The van der Waals surface area contributed by atoms with Crippen LogP contribution in [-0.2, 0) is 0 Å². The van der Waals surface area contributed by atoms with E-state index in [-0.39, 0.29) is 0 Å². The van der Waals surface area contributed by atoms with Crippen molar-refractivity contribution in [3.8, 4) is 0 Å². The van der Waals surface area contributed by atoms with E-state index < -0.39 is 0 Å². The van der Waals surface area contributed by atoms with Gasteiger partial charge in [0.15, 0.2) is 0 Å². The number of nitrogens with two attached hydrogens (primary N) is 1. The van der Waals surface area contributed by atoms with E-state index in [1.807, 2.05) is 0 Å². The zero-order chi connectivity index (χ0) is 12.9. The number of likely N-dealkylation sites (N-methyl/N-ethyl adjacent to an activating group) is 2. The van der Waals surface area contributed by atoms with Gasteiger partial charge in [-0.25, -0.2) is 0 Å². The highest BCUT2D eigenvalue weighted by Crippen LogP contribution is 2.36. The van der Waals surface area contributed by atoms with Crippen molar-refractivity contribution in [2.24, 2.45) is 11.7 Å². The van der Waals surface area contributed by atoms with Gasteiger partial charge in [0.05, 0.1) is 0 Å². The van der Waals surface area contributed by atoms with Crippen LogP contribution in [0.15, 0.2) is 0 Å². The molecule has 0 heterocycles. The molecule has 3 heteroatoms. The van der Waals surface area contributed by atoms with Crippen LogP contribution in [0.4, 0.5) is 0 Å². The molecule has 0 bridgehead atoms. The first-order chi connectivity index (χ1) is 8.00. The second-order valence-corrected chi connectivity index (χ2v) is 6.19. The van der Waals surface area contributed by atoms with Gasteiger partial charge in [0.2, 0.25) is 0 Å². The molecule has 0 aliphatic heterocycles. The Morgan fingerprint density at radius 3 is 2.29 bits per heavy atom. The molecule has 0 aromatic carbocycles.